The summed E-state index contributed by atoms with van der Waals surface area (Å²) in [7, 11) is 0. The molecule has 1 unspecified atom stereocenters. The number of carbonyl (C=O) groups is 2. The summed E-state index contributed by atoms with van der Waals surface area (Å²) in [6, 6.07) is 3.17. The highest BCUT2D eigenvalue weighted by molar-refractivity contribution is 5.87. The molecule has 0 spiro atoms. The normalized spacial score (nSPS) is 49.0. The van der Waals surface area contributed by atoms with Gasteiger partial charge in [-0.1, -0.05) is 13.0 Å². The van der Waals surface area contributed by atoms with Crippen molar-refractivity contribution in [2.45, 2.75) is 44.9 Å². The zero-order valence-corrected chi connectivity index (χ0v) is 13.7. The first kappa shape index (κ1) is 8.65. The molecule has 1 aromatic rings. The maximum Gasteiger partial charge on any atom is 0.242 e. The van der Waals surface area contributed by atoms with E-state index < -0.39 is 67.5 Å². The summed E-state index contributed by atoms with van der Waals surface area (Å²) in [5.74, 6) is -9.47. The van der Waals surface area contributed by atoms with E-state index in [-0.39, 0.29) is 13.1 Å². The van der Waals surface area contributed by atoms with Crippen LogP contribution in [0.2, 0.25) is 0 Å². The van der Waals surface area contributed by atoms with E-state index in [1.165, 1.54) is 17.0 Å². The van der Waals surface area contributed by atoms with Gasteiger partial charge in [-0.25, -0.2) is 4.39 Å². The van der Waals surface area contributed by atoms with Gasteiger partial charge in [0.1, 0.15) is 5.82 Å². The molecule has 5 heteroatoms. The van der Waals surface area contributed by atoms with Crippen molar-refractivity contribution in [2.24, 2.45) is 11.8 Å². The summed E-state index contributed by atoms with van der Waals surface area (Å²) in [5.41, 5.74) is 1.15. The van der Waals surface area contributed by atoms with Crippen LogP contribution in [0.15, 0.2) is 18.2 Å². The molecular weight excluding hydrogens is 319 g/mol. The Morgan fingerprint density at radius 1 is 1.32 bits per heavy atom. The molecule has 1 aliphatic carbocycles. The predicted octanol–water partition coefficient (Wildman–Crippen LogP) is 2.92. The molecule has 3 aliphatic rings. The summed E-state index contributed by atoms with van der Waals surface area (Å²) in [6.07, 6.45) is -13.8. The van der Waals surface area contributed by atoms with E-state index in [0.717, 1.165) is 10.5 Å². The second-order valence-corrected chi connectivity index (χ2v) is 6.38. The lowest BCUT2D eigenvalue weighted by Crippen LogP contribution is -2.56. The molecule has 0 aromatic heterocycles. The minimum Gasteiger partial charge on any atom is -0.332 e. The van der Waals surface area contributed by atoms with E-state index in [2.05, 4.69) is 0 Å². The van der Waals surface area contributed by atoms with Gasteiger partial charge >= 0.3 is 0 Å². The number of amides is 2. The fraction of sp³-hybridized carbons (Fsp3) is 0.600. The van der Waals surface area contributed by atoms with Crippen LogP contribution < -0.4 is 0 Å². The fourth-order valence-corrected chi connectivity index (χ4v) is 3.49. The highest BCUT2D eigenvalue weighted by Gasteiger charge is 2.40. The van der Waals surface area contributed by atoms with Gasteiger partial charge in [-0.15, -0.1) is 0 Å². The minimum atomic E-state index is -3.69. The summed E-state index contributed by atoms with van der Waals surface area (Å²) in [6.45, 7) is -0.0163. The lowest BCUT2D eigenvalue weighted by molar-refractivity contribution is -0.152. The third-order valence-corrected chi connectivity index (χ3v) is 4.76. The van der Waals surface area contributed by atoms with E-state index in [0.29, 0.717) is 18.9 Å². The van der Waals surface area contributed by atoms with Gasteiger partial charge in [0.2, 0.25) is 11.8 Å². The smallest absolute Gasteiger partial charge is 0.242 e. The molecule has 0 N–H and O–H groups in total. The first-order valence-electron chi connectivity index (χ1n) is 13.1. The summed E-state index contributed by atoms with van der Waals surface area (Å²) >= 11 is 0. The van der Waals surface area contributed by atoms with Crippen LogP contribution in [-0.2, 0) is 16.0 Å². The zero-order valence-electron chi connectivity index (χ0n) is 23.7. The van der Waals surface area contributed by atoms with Crippen LogP contribution in [0.25, 0.3) is 0 Å². The number of nitrogens with zero attached hydrogens (tertiary/aromatic N) is 2. The molecular formula is C20H25FN2O2. The first-order valence-corrected chi connectivity index (χ1v) is 8.14. The molecule has 1 saturated heterocycles. The highest BCUT2D eigenvalue weighted by Crippen LogP contribution is 2.35. The number of piperazine rings is 1. The zero-order chi connectivity index (χ0) is 26.6. The molecule has 1 saturated carbocycles. The minimum absolute atomic E-state index is 0.278. The van der Waals surface area contributed by atoms with Crippen molar-refractivity contribution in [3.8, 4) is 0 Å². The van der Waals surface area contributed by atoms with Crippen LogP contribution in [0.5, 0.6) is 0 Å². The van der Waals surface area contributed by atoms with E-state index in [1.807, 2.05) is 0 Å². The van der Waals surface area contributed by atoms with E-state index >= 15 is 0 Å². The monoisotopic (exact) mass is 354 g/mol. The average Bonchev–Trinajstić information content (AvgIpc) is 2.76. The highest BCUT2D eigenvalue weighted by atomic mass is 19.1. The average molecular weight is 354 g/mol. The Balaban J connectivity index is 1.82. The molecule has 25 heavy (non-hydrogen) atoms. The molecule has 2 amide bonds. The van der Waals surface area contributed by atoms with Crippen molar-refractivity contribution in [3.05, 3.63) is 35.1 Å². The number of hydrogen-bond acceptors (Lipinski definition) is 2. The van der Waals surface area contributed by atoms with Gasteiger partial charge in [-0.05, 0) is 61.1 Å². The Kier molecular flexibility index (Phi) is 2.22. The Morgan fingerprint density at radius 2 is 2.08 bits per heavy atom. The maximum atomic E-state index is 14.0. The number of hydrogen-bond donors (Lipinski definition) is 0. The first-order chi connectivity index (χ1) is 15.8. The fourth-order valence-electron chi connectivity index (χ4n) is 3.49. The Morgan fingerprint density at radius 3 is 2.84 bits per heavy atom. The second kappa shape index (κ2) is 6.43. The third kappa shape index (κ3) is 3.05. The van der Waals surface area contributed by atoms with Gasteiger partial charge in [0.15, 0.2) is 0 Å². The molecule has 4 rings (SSSR count). The van der Waals surface area contributed by atoms with E-state index in [4.69, 9.17) is 13.7 Å². The molecule has 0 radical (unpaired) electrons. The number of halogens is 1. The third-order valence-electron chi connectivity index (χ3n) is 4.76. The number of fused-ring (bicyclic) bond motifs is 3. The van der Waals surface area contributed by atoms with Crippen LogP contribution in [0, 0.1) is 17.6 Å². The van der Waals surface area contributed by atoms with Gasteiger partial charge in [-0.3, -0.25) is 9.59 Å². The standard InChI is InChI=1S/C20H25FN2O2/c1-13-2-4-15(5-3-13)20(25)22-11-18-17-10-16(21)7-6-14(17)8-9-23(18)19(24)12-22/h6-7,10,13,15,18H,2-5,8-9,11-12H2,1H3/i2D2,3D2,4D2,5D2,13D,15D. The molecule has 0 bridgehead atoms. The Hall–Kier alpha value is -1.91. The van der Waals surface area contributed by atoms with Gasteiger partial charge in [-0.2, -0.15) is 0 Å². The van der Waals surface area contributed by atoms with Gasteiger partial charge < -0.3 is 9.80 Å². The van der Waals surface area contributed by atoms with Crippen molar-refractivity contribution < 1.29 is 27.7 Å². The lowest BCUT2D eigenvalue weighted by Gasteiger charge is -2.45. The SMILES string of the molecule is [2H]C1([2H])C([2H])([2H])C([2H])(C(=O)N2CC(=O)N3CCc4ccc(F)cc4C3C2)C([2H])([2H])C([2H])([2H])C1([2H])C. The molecule has 134 valence electrons. The van der Waals surface area contributed by atoms with Gasteiger partial charge in [0.05, 0.1) is 12.6 Å². The molecule has 1 atom stereocenters. The van der Waals surface area contributed by atoms with Crippen LogP contribution in [0.4, 0.5) is 4.39 Å². The Labute approximate surface area is 162 Å². The Bertz CT molecular complexity index is 1080. The number of rotatable bonds is 1. The lowest BCUT2D eigenvalue weighted by atomic mass is 9.82. The topological polar surface area (TPSA) is 40.6 Å². The summed E-state index contributed by atoms with van der Waals surface area (Å²) < 4.78 is 97.4. The van der Waals surface area contributed by atoms with Crippen molar-refractivity contribution in [2.75, 3.05) is 19.6 Å². The maximum absolute atomic E-state index is 14.0. The number of carbonyl (C=O) groups excluding carboxylic acids is 2. The molecule has 2 heterocycles. The summed E-state index contributed by atoms with van der Waals surface area (Å²) in [5, 5.41) is 0. The van der Waals surface area contributed by atoms with Crippen LogP contribution in [0.3, 0.4) is 0 Å². The van der Waals surface area contributed by atoms with E-state index in [1.54, 1.807) is 6.07 Å². The van der Waals surface area contributed by atoms with Crippen molar-refractivity contribution in [1.82, 2.24) is 9.80 Å². The van der Waals surface area contributed by atoms with Gasteiger partial charge in [0.25, 0.3) is 0 Å². The van der Waals surface area contributed by atoms with Crippen molar-refractivity contribution >= 4 is 11.8 Å². The predicted molar refractivity (Wildman–Crippen MR) is 92.3 cm³/mol. The van der Waals surface area contributed by atoms with E-state index in [9.17, 15) is 14.0 Å². The quantitative estimate of drug-likeness (QED) is 0.778. The van der Waals surface area contributed by atoms with Crippen molar-refractivity contribution in [3.63, 3.8) is 0 Å². The second-order valence-electron chi connectivity index (χ2n) is 6.38. The molecule has 1 aromatic carbocycles. The number of benzene rings is 1. The van der Waals surface area contributed by atoms with Gasteiger partial charge in [0, 0.05) is 32.7 Å². The van der Waals surface area contributed by atoms with Crippen molar-refractivity contribution in [1.29, 1.82) is 0 Å². The van der Waals surface area contributed by atoms with Crippen LogP contribution in [-0.4, -0.2) is 41.2 Å². The molecule has 4 nitrogen and oxygen atoms in total. The van der Waals surface area contributed by atoms with Crippen LogP contribution >= 0.6 is 0 Å². The molecule has 2 aliphatic heterocycles. The molecule has 2 fully saturated rings. The summed E-state index contributed by atoms with van der Waals surface area (Å²) in [4.78, 5) is 28.8. The van der Waals surface area contributed by atoms with Crippen LogP contribution in [0.1, 0.15) is 63.3 Å². The largest absolute Gasteiger partial charge is 0.332 e.